The van der Waals surface area contributed by atoms with Crippen molar-refractivity contribution in [2.24, 2.45) is 0 Å². The van der Waals surface area contributed by atoms with Gasteiger partial charge in [0.1, 0.15) is 11.6 Å². The van der Waals surface area contributed by atoms with Gasteiger partial charge in [-0.3, -0.25) is 10.1 Å². The van der Waals surface area contributed by atoms with Crippen molar-refractivity contribution in [3.63, 3.8) is 0 Å². The standard InChI is InChI=1S/C18H16FN5O/c19-14-9-12-3-1-6-21-17(12)13(10-14)11-20-7-5-16-22-18(24-23-16)15-4-2-8-25-15/h1-4,6,8-10,20H,5,7,11H2,(H,22,23,24). The van der Waals surface area contributed by atoms with E-state index in [1.54, 1.807) is 24.6 Å². The lowest BCUT2D eigenvalue weighted by Crippen LogP contribution is -2.17. The van der Waals surface area contributed by atoms with Crippen LogP contribution in [0.1, 0.15) is 11.4 Å². The summed E-state index contributed by atoms with van der Waals surface area (Å²) in [7, 11) is 0. The van der Waals surface area contributed by atoms with Crippen LogP contribution >= 0.6 is 0 Å². The number of aromatic nitrogens is 4. The Bertz CT molecular complexity index is 980. The van der Waals surface area contributed by atoms with Crippen molar-refractivity contribution < 1.29 is 8.81 Å². The van der Waals surface area contributed by atoms with Crippen molar-refractivity contribution in [3.05, 3.63) is 66.1 Å². The Morgan fingerprint density at radius 2 is 2.16 bits per heavy atom. The number of benzene rings is 1. The largest absolute Gasteiger partial charge is 0.461 e. The van der Waals surface area contributed by atoms with Crippen molar-refractivity contribution in [3.8, 4) is 11.6 Å². The Morgan fingerprint density at radius 1 is 1.20 bits per heavy atom. The summed E-state index contributed by atoms with van der Waals surface area (Å²) in [4.78, 5) is 8.73. The molecule has 1 aromatic carbocycles. The third-order valence-electron chi connectivity index (χ3n) is 3.88. The molecule has 6 nitrogen and oxygen atoms in total. The summed E-state index contributed by atoms with van der Waals surface area (Å²) in [6, 6.07) is 10.3. The van der Waals surface area contributed by atoms with Crippen LogP contribution in [0.25, 0.3) is 22.5 Å². The second kappa shape index (κ2) is 6.82. The summed E-state index contributed by atoms with van der Waals surface area (Å²) in [6.45, 7) is 1.21. The number of nitrogens with one attached hydrogen (secondary N) is 2. The molecule has 0 unspecified atom stereocenters. The second-order valence-corrected chi connectivity index (χ2v) is 5.65. The predicted molar refractivity (Wildman–Crippen MR) is 91.2 cm³/mol. The Balaban J connectivity index is 1.37. The molecule has 0 radical (unpaired) electrons. The topological polar surface area (TPSA) is 79.6 Å². The van der Waals surface area contributed by atoms with Crippen molar-refractivity contribution in [1.82, 2.24) is 25.5 Å². The summed E-state index contributed by atoms with van der Waals surface area (Å²) >= 11 is 0. The Kier molecular flexibility index (Phi) is 4.22. The number of fused-ring (bicyclic) bond motifs is 1. The number of nitrogens with zero attached hydrogens (tertiary/aromatic N) is 3. The lowest BCUT2D eigenvalue weighted by atomic mass is 10.1. The van der Waals surface area contributed by atoms with Crippen LogP contribution in [-0.4, -0.2) is 26.7 Å². The van der Waals surface area contributed by atoms with Gasteiger partial charge in [0.2, 0.25) is 5.82 Å². The Labute approximate surface area is 143 Å². The summed E-state index contributed by atoms with van der Waals surface area (Å²) in [5.74, 6) is 1.69. The van der Waals surface area contributed by atoms with E-state index in [2.05, 4.69) is 25.5 Å². The molecule has 0 aliphatic carbocycles. The number of halogens is 1. The SMILES string of the molecule is Fc1cc(CNCCc2nc(-c3ccco3)n[nH]2)c2ncccc2c1. The number of hydrogen-bond acceptors (Lipinski definition) is 5. The van der Waals surface area contributed by atoms with Gasteiger partial charge in [0.05, 0.1) is 11.8 Å². The van der Waals surface area contributed by atoms with Crippen LogP contribution in [0.15, 0.2) is 53.3 Å². The van der Waals surface area contributed by atoms with Gasteiger partial charge in [-0.1, -0.05) is 6.07 Å². The van der Waals surface area contributed by atoms with Crippen LogP contribution in [0.4, 0.5) is 4.39 Å². The van der Waals surface area contributed by atoms with E-state index in [0.717, 1.165) is 22.3 Å². The van der Waals surface area contributed by atoms with Crippen molar-refractivity contribution in [1.29, 1.82) is 0 Å². The molecule has 0 bridgehead atoms. The molecule has 0 aliphatic heterocycles. The van der Waals surface area contributed by atoms with Crippen LogP contribution in [-0.2, 0) is 13.0 Å². The molecule has 0 fully saturated rings. The minimum atomic E-state index is -0.254. The third kappa shape index (κ3) is 3.41. The molecule has 7 heteroatoms. The van der Waals surface area contributed by atoms with E-state index in [0.29, 0.717) is 31.1 Å². The van der Waals surface area contributed by atoms with E-state index in [1.807, 2.05) is 12.1 Å². The number of rotatable bonds is 6. The first-order valence-corrected chi connectivity index (χ1v) is 7.98. The van der Waals surface area contributed by atoms with E-state index in [9.17, 15) is 4.39 Å². The number of H-pyrrole nitrogens is 1. The molecule has 0 atom stereocenters. The van der Waals surface area contributed by atoms with Gasteiger partial charge < -0.3 is 9.73 Å². The fourth-order valence-corrected chi connectivity index (χ4v) is 2.72. The van der Waals surface area contributed by atoms with Crippen LogP contribution in [0.5, 0.6) is 0 Å². The second-order valence-electron chi connectivity index (χ2n) is 5.65. The first kappa shape index (κ1) is 15.5. The maximum Gasteiger partial charge on any atom is 0.216 e. The molecule has 0 saturated carbocycles. The normalized spacial score (nSPS) is 11.2. The highest BCUT2D eigenvalue weighted by Gasteiger charge is 2.08. The van der Waals surface area contributed by atoms with E-state index in [1.165, 1.54) is 12.1 Å². The molecular weight excluding hydrogens is 321 g/mol. The summed E-state index contributed by atoms with van der Waals surface area (Å²) in [6.07, 6.45) is 3.98. The molecule has 3 aromatic heterocycles. The highest BCUT2D eigenvalue weighted by Crippen LogP contribution is 2.18. The summed E-state index contributed by atoms with van der Waals surface area (Å²) < 4.78 is 19.0. The zero-order valence-electron chi connectivity index (χ0n) is 13.4. The summed E-state index contributed by atoms with van der Waals surface area (Å²) in [5.41, 5.74) is 1.65. The minimum absolute atomic E-state index is 0.254. The predicted octanol–water partition coefficient (Wildman–Crippen LogP) is 3.08. The zero-order chi connectivity index (χ0) is 17.1. The van der Waals surface area contributed by atoms with Crippen LogP contribution in [0.2, 0.25) is 0 Å². The van der Waals surface area contributed by atoms with Gasteiger partial charge in [0.25, 0.3) is 0 Å². The molecule has 4 aromatic rings. The van der Waals surface area contributed by atoms with Crippen LogP contribution in [0.3, 0.4) is 0 Å². The first-order chi connectivity index (χ1) is 12.3. The van der Waals surface area contributed by atoms with Crippen molar-refractivity contribution >= 4 is 10.9 Å². The number of furan rings is 1. The molecule has 126 valence electrons. The van der Waals surface area contributed by atoms with E-state index >= 15 is 0 Å². The molecule has 4 rings (SSSR count). The fourth-order valence-electron chi connectivity index (χ4n) is 2.72. The van der Waals surface area contributed by atoms with Gasteiger partial charge in [-0.15, -0.1) is 0 Å². The van der Waals surface area contributed by atoms with Gasteiger partial charge in [-0.2, -0.15) is 5.10 Å². The van der Waals surface area contributed by atoms with Crippen LogP contribution in [0, 0.1) is 5.82 Å². The lowest BCUT2D eigenvalue weighted by Gasteiger charge is -2.07. The third-order valence-corrected chi connectivity index (χ3v) is 3.88. The van der Waals surface area contributed by atoms with Crippen LogP contribution < -0.4 is 5.32 Å². The van der Waals surface area contributed by atoms with Crippen molar-refractivity contribution in [2.75, 3.05) is 6.54 Å². The van der Waals surface area contributed by atoms with E-state index < -0.39 is 0 Å². The van der Waals surface area contributed by atoms with Gasteiger partial charge in [0.15, 0.2) is 5.76 Å². The lowest BCUT2D eigenvalue weighted by molar-refractivity contribution is 0.577. The number of aromatic amines is 1. The quantitative estimate of drug-likeness (QED) is 0.529. The molecule has 0 amide bonds. The molecular formula is C18H16FN5O. The number of hydrogen-bond donors (Lipinski definition) is 2. The monoisotopic (exact) mass is 337 g/mol. The molecule has 3 heterocycles. The maximum atomic E-state index is 13.7. The van der Waals surface area contributed by atoms with Gasteiger partial charge in [-0.05, 0) is 35.9 Å². The average Bonchev–Trinajstić information content (AvgIpc) is 3.29. The molecule has 0 aliphatic rings. The summed E-state index contributed by atoms with van der Waals surface area (Å²) in [5, 5.41) is 11.1. The van der Waals surface area contributed by atoms with Crippen molar-refractivity contribution in [2.45, 2.75) is 13.0 Å². The van der Waals surface area contributed by atoms with Gasteiger partial charge in [0, 0.05) is 31.1 Å². The smallest absolute Gasteiger partial charge is 0.216 e. The first-order valence-electron chi connectivity index (χ1n) is 7.98. The molecule has 0 saturated heterocycles. The zero-order valence-corrected chi connectivity index (χ0v) is 13.4. The van der Waals surface area contributed by atoms with Gasteiger partial charge in [-0.25, -0.2) is 9.37 Å². The Hall–Kier alpha value is -3.06. The van der Waals surface area contributed by atoms with E-state index in [-0.39, 0.29) is 5.82 Å². The fraction of sp³-hybridized carbons (Fsp3) is 0.167. The maximum absolute atomic E-state index is 13.7. The Morgan fingerprint density at radius 3 is 3.04 bits per heavy atom. The average molecular weight is 337 g/mol. The molecule has 0 spiro atoms. The highest BCUT2D eigenvalue weighted by molar-refractivity contribution is 5.81. The molecule has 25 heavy (non-hydrogen) atoms. The van der Waals surface area contributed by atoms with E-state index in [4.69, 9.17) is 4.42 Å². The number of pyridine rings is 1. The minimum Gasteiger partial charge on any atom is -0.461 e. The highest BCUT2D eigenvalue weighted by atomic mass is 19.1. The molecule has 2 N–H and O–H groups in total. The van der Waals surface area contributed by atoms with Gasteiger partial charge >= 0.3 is 0 Å².